The molecule has 0 radical (unpaired) electrons. The van der Waals surface area contributed by atoms with Gasteiger partial charge in [0.25, 0.3) is 5.91 Å². The second-order valence-electron chi connectivity index (χ2n) is 5.31. The SMILES string of the molecule is C/C=C/C=C/C(=O)OCC(=O)Nc1sc(C(C)C)cc1C(=O)OCC. The predicted molar refractivity (Wildman–Crippen MR) is 97.9 cm³/mol. The van der Waals surface area contributed by atoms with Crippen LogP contribution in [-0.4, -0.2) is 31.1 Å². The molecule has 1 aromatic rings. The fourth-order valence-corrected chi connectivity index (χ4v) is 2.81. The minimum absolute atomic E-state index is 0.207. The van der Waals surface area contributed by atoms with Crippen LogP contribution in [0.15, 0.2) is 30.4 Å². The van der Waals surface area contributed by atoms with Gasteiger partial charge < -0.3 is 14.8 Å². The minimum atomic E-state index is -0.618. The van der Waals surface area contributed by atoms with E-state index in [9.17, 15) is 14.4 Å². The molecule has 6 nitrogen and oxygen atoms in total. The molecule has 0 bridgehead atoms. The summed E-state index contributed by atoms with van der Waals surface area (Å²) in [4.78, 5) is 36.4. The van der Waals surface area contributed by atoms with Crippen LogP contribution in [-0.2, 0) is 19.1 Å². The highest BCUT2D eigenvalue weighted by molar-refractivity contribution is 7.16. The highest BCUT2D eigenvalue weighted by Crippen LogP contribution is 2.33. The Kier molecular flexibility index (Phi) is 8.63. The second kappa shape index (κ2) is 10.5. The average Bonchev–Trinajstić information content (AvgIpc) is 2.97. The van der Waals surface area contributed by atoms with E-state index in [1.807, 2.05) is 20.8 Å². The maximum absolute atomic E-state index is 12.0. The van der Waals surface area contributed by atoms with Crippen LogP contribution in [0.5, 0.6) is 0 Å². The third kappa shape index (κ3) is 6.93. The highest BCUT2D eigenvalue weighted by Gasteiger charge is 2.20. The van der Waals surface area contributed by atoms with Crippen molar-refractivity contribution in [3.8, 4) is 0 Å². The van der Waals surface area contributed by atoms with Gasteiger partial charge in [-0.2, -0.15) is 0 Å². The Hall–Kier alpha value is -2.41. The summed E-state index contributed by atoms with van der Waals surface area (Å²) >= 11 is 1.30. The lowest BCUT2D eigenvalue weighted by atomic mass is 10.1. The van der Waals surface area contributed by atoms with Crippen LogP contribution in [0.25, 0.3) is 0 Å². The van der Waals surface area contributed by atoms with E-state index in [0.29, 0.717) is 10.6 Å². The lowest BCUT2D eigenvalue weighted by Gasteiger charge is -2.06. The molecule has 136 valence electrons. The number of amides is 1. The number of carbonyl (C=O) groups excluding carboxylic acids is 3. The number of esters is 2. The number of thiophene rings is 1. The van der Waals surface area contributed by atoms with Crippen molar-refractivity contribution in [2.75, 3.05) is 18.5 Å². The number of hydrogen-bond acceptors (Lipinski definition) is 6. The maximum Gasteiger partial charge on any atom is 0.341 e. The topological polar surface area (TPSA) is 81.7 Å². The Morgan fingerprint density at radius 3 is 2.56 bits per heavy atom. The van der Waals surface area contributed by atoms with Crippen molar-refractivity contribution >= 4 is 34.2 Å². The van der Waals surface area contributed by atoms with Gasteiger partial charge in [-0.3, -0.25) is 4.79 Å². The molecule has 0 aliphatic carbocycles. The minimum Gasteiger partial charge on any atom is -0.462 e. The first-order valence-electron chi connectivity index (χ1n) is 7.95. The number of anilines is 1. The Labute approximate surface area is 151 Å². The monoisotopic (exact) mass is 365 g/mol. The molecule has 0 aliphatic rings. The average molecular weight is 365 g/mol. The van der Waals surface area contributed by atoms with Gasteiger partial charge in [-0.15, -0.1) is 11.3 Å². The zero-order chi connectivity index (χ0) is 18.8. The highest BCUT2D eigenvalue weighted by atomic mass is 32.1. The molecule has 1 rings (SSSR count). The first-order valence-corrected chi connectivity index (χ1v) is 8.77. The largest absolute Gasteiger partial charge is 0.462 e. The summed E-state index contributed by atoms with van der Waals surface area (Å²) in [5.74, 6) is -1.42. The van der Waals surface area contributed by atoms with E-state index in [0.717, 1.165) is 4.88 Å². The van der Waals surface area contributed by atoms with Crippen molar-refractivity contribution in [1.82, 2.24) is 0 Å². The summed E-state index contributed by atoms with van der Waals surface area (Å²) < 4.78 is 9.85. The van der Waals surface area contributed by atoms with Crippen molar-refractivity contribution in [2.24, 2.45) is 0 Å². The Morgan fingerprint density at radius 1 is 1.24 bits per heavy atom. The van der Waals surface area contributed by atoms with Crippen LogP contribution in [0.4, 0.5) is 5.00 Å². The first-order chi connectivity index (χ1) is 11.9. The van der Waals surface area contributed by atoms with E-state index in [2.05, 4.69) is 5.32 Å². The normalized spacial score (nSPS) is 11.2. The molecular formula is C18H23NO5S. The molecule has 0 fully saturated rings. The first kappa shape index (κ1) is 20.6. The van der Waals surface area contributed by atoms with Crippen molar-refractivity contribution in [3.63, 3.8) is 0 Å². The van der Waals surface area contributed by atoms with Crippen LogP contribution < -0.4 is 5.32 Å². The number of hydrogen-bond donors (Lipinski definition) is 1. The van der Waals surface area contributed by atoms with E-state index in [1.54, 1.807) is 25.1 Å². The van der Waals surface area contributed by atoms with Crippen molar-refractivity contribution in [1.29, 1.82) is 0 Å². The number of nitrogens with one attached hydrogen (secondary N) is 1. The third-order valence-electron chi connectivity index (χ3n) is 2.95. The molecule has 0 aliphatic heterocycles. The number of rotatable bonds is 8. The lowest BCUT2D eigenvalue weighted by Crippen LogP contribution is -2.20. The van der Waals surface area contributed by atoms with Gasteiger partial charge in [0.15, 0.2) is 6.61 Å². The van der Waals surface area contributed by atoms with E-state index in [1.165, 1.54) is 23.5 Å². The van der Waals surface area contributed by atoms with Crippen LogP contribution in [0.2, 0.25) is 0 Å². The molecule has 0 saturated carbocycles. The molecular weight excluding hydrogens is 342 g/mol. The van der Waals surface area contributed by atoms with Crippen molar-refractivity contribution in [3.05, 3.63) is 40.8 Å². The predicted octanol–water partition coefficient (Wildman–Crippen LogP) is 3.66. The van der Waals surface area contributed by atoms with Gasteiger partial charge >= 0.3 is 11.9 Å². The third-order valence-corrected chi connectivity index (χ3v) is 4.30. The summed E-state index contributed by atoms with van der Waals surface area (Å²) in [6.07, 6.45) is 6.18. The molecule has 0 aromatic carbocycles. The molecule has 0 spiro atoms. The second-order valence-corrected chi connectivity index (χ2v) is 6.39. The molecule has 1 amide bonds. The van der Waals surface area contributed by atoms with Gasteiger partial charge in [0.05, 0.1) is 12.2 Å². The van der Waals surface area contributed by atoms with E-state index in [4.69, 9.17) is 9.47 Å². The molecule has 1 N–H and O–H groups in total. The summed E-state index contributed by atoms with van der Waals surface area (Å²) in [5.41, 5.74) is 0.309. The fourth-order valence-electron chi connectivity index (χ4n) is 1.74. The smallest absolute Gasteiger partial charge is 0.341 e. The Balaban J connectivity index is 2.75. The molecule has 25 heavy (non-hydrogen) atoms. The number of ether oxygens (including phenoxy) is 2. The van der Waals surface area contributed by atoms with Crippen molar-refractivity contribution in [2.45, 2.75) is 33.6 Å². The number of carbonyl (C=O) groups is 3. The molecule has 0 unspecified atom stereocenters. The molecule has 1 aromatic heterocycles. The van der Waals surface area contributed by atoms with Gasteiger partial charge in [-0.05, 0) is 25.8 Å². The fraction of sp³-hybridized carbons (Fsp3) is 0.389. The van der Waals surface area contributed by atoms with Crippen LogP contribution >= 0.6 is 11.3 Å². The van der Waals surface area contributed by atoms with Gasteiger partial charge in [0.1, 0.15) is 5.00 Å². The summed E-state index contributed by atoms with van der Waals surface area (Å²) in [5, 5.41) is 3.01. The molecule has 0 atom stereocenters. The van der Waals surface area contributed by atoms with Gasteiger partial charge in [-0.25, -0.2) is 9.59 Å². The zero-order valence-electron chi connectivity index (χ0n) is 14.8. The summed E-state index contributed by atoms with van der Waals surface area (Å²) in [6.45, 7) is 7.32. The summed E-state index contributed by atoms with van der Waals surface area (Å²) in [7, 11) is 0. The summed E-state index contributed by atoms with van der Waals surface area (Å²) in [6, 6.07) is 1.72. The van der Waals surface area contributed by atoms with E-state index >= 15 is 0 Å². The van der Waals surface area contributed by atoms with Crippen LogP contribution in [0.1, 0.15) is 48.8 Å². The number of allylic oxidation sites excluding steroid dienone is 3. The van der Waals surface area contributed by atoms with Gasteiger partial charge in [-0.1, -0.05) is 32.1 Å². The Morgan fingerprint density at radius 2 is 1.96 bits per heavy atom. The standard InChI is InChI=1S/C18H23NO5S/c1-5-7-8-9-16(21)24-11-15(20)19-17-13(18(22)23-6-2)10-14(25-17)12(3)4/h5,7-10,12H,6,11H2,1-4H3,(H,19,20)/b7-5+,9-8+. The van der Waals surface area contributed by atoms with Crippen LogP contribution in [0, 0.1) is 0 Å². The maximum atomic E-state index is 12.0. The van der Waals surface area contributed by atoms with E-state index in [-0.39, 0.29) is 12.5 Å². The molecule has 7 heteroatoms. The Bertz CT molecular complexity index is 673. The van der Waals surface area contributed by atoms with Gasteiger partial charge in [0, 0.05) is 11.0 Å². The van der Waals surface area contributed by atoms with Crippen LogP contribution in [0.3, 0.4) is 0 Å². The zero-order valence-corrected chi connectivity index (χ0v) is 15.6. The quantitative estimate of drug-likeness (QED) is 0.432. The lowest BCUT2D eigenvalue weighted by molar-refractivity contribution is -0.142. The molecule has 0 saturated heterocycles. The van der Waals surface area contributed by atoms with E-state index < -0.39 is 24.5 Å². The molecule has 1 heterocycles. The van der Waals surface area contributed by atoms with Gasteiger partial charge in [0.2, 0.25) is 0 Å². The van der Waals surface area contributed by atoms with Crippen molar-refractivity contribution < 1.29 is 23.9 Å².